The lowest BCUT2D eigenvalue weighted by atomic mass is 10.2. The Hall–Kier alpha value is -4.08. The van der Waals surface area contributed by atoms with Gasteiger partial charge in [0.15, 0.2) is 27.6 Å². The van der Waals surface area contributed by atoms with Crippen LogP contribution in [-0.4, -0.2) is 44.6 Å². The van der Waals surface area contributed by atoms with Gasteiger partial charge in [0.05, 0.1) is 10.6 Å². The normalized spacial score (nSPS) is 9.95. The van der Waals surface area contributed by atoms with E-state index < -0.39 is 51.6 Å². The van der Waals surface area contributed by atoms with Gasteiger partial charge in [-0.1, -0.05) is 23.5 Å². The predicted molar refractivity (Wildman–Crippen MR) is 153 cm³/mol. The Bertz CT molecular complexity index is 1480. The molecule has 9 nitrogen and oxygen atoms in total. The lowest BCUT2D eigenvalue weighted by molar-refractivity contribution is -0.124. The summed E-state index contributed by atoms with van der Waals surface area (Å²) in [6.45, 7) is 5.58. The van der Waals surface area contributed by atoms with Gasteiger partial charge in [-0.2, -0.15) is 0 Å². The van der Waals surface area contributed by atoms with Crippen LogP contribution in [0.3, 0.4) is 0 Å². The van der Waals surface area contributed by atoms with Crippen LogP contribution in [0, 0.1) is 30.2 Å². The van der Waals surface area contributed by atoms with Crippen molar-refractivity contribution in [2.75, 3.05) is 5.32 Å². The first-order valence-corrected chi connectivity index (χ1v) is 13.1. The zero-order chi connectivity index (χ0) is 32.3. The van der Waals surface area contributed by atoms with Gasteiger partial charge in [0, 0.05) is 6.92 Å². The van der Waals surface area contributed by atoms with Crippen molar-refractivity contribution in [3.8, 4) is 0 Å². The Balaban J connectivity index is 0.000000349. The second-order valence-electron chi connectivity index (χ2n) is 8.04. The van der Waals surface area contributed by atoms with Crippen LogP contribution in [-0.2, 0) is 9.59 Å². The number of thiocarbonyl (C=S) groups is 1. The molecule has 0 radical (unpaired) electrons. The number of aromatic nitrogens is 1. The van der Waals surface area contributed by atoms with Crippen LogP contribution in [0.5, 0.6) is 0 Å². The van der Waals surface area contributed by atoms with Gasteiger partial charge >= 0.3 is 0 Å². The van der Waals surface area contributed by atoms with Gasteiger partial charge in [-0.25, -0.2) is 22.5 Å². The number of nitrogens with two attached hydrogens (primary N) is 1. The van der Waals surface area contributed by atoms with Crippen molar-refractivity contribution in [1.82, 2.24) is 10.3 Å². The number of anilines is 1. The Morgan fingerprint density at radius 3 is 1.57 bits per heavy atom. The maximum Gasteiger partial charge on any atom is 0.263 e. The van der Waals surface area contributed by atoms with Gasteiger partial charge in [0.2, 0.25) is 0 Å². The quantitative estimate of drug-likeness (QED) is 0.113. The number of alkyl halides is 1. The van der Waals surface area contributed by atoms with Crippen molar-refractivity contribution >= 4 is 74.6 Å². The van der Waals surface area contributed by atoms with E-state index in [-0.39, 0.29) is 27.6 Å². The first-order chi connectivity index (χ1) is 19.5. The van der Waals surface area contributed by atoms with Gasteiger partial charge in [0.1, 0.15) is 39.8 Å². The number of hydrogen-bond acceptors (Lipinski definition) is 8. The third kappa shape index (κ3) is 10.7. The molecule has 2 amide bonds. The van der Waals surface area contributed by atoms with Crippen LogP contribution >= 0.6 is 35.2 Å². The number of ketones is 3. The highest BCUT2D eigenvalue weighted by Crippen LogP contribution is 2.24. The van der Waals surface area contributed by atoms with E-state index in [1.807, 2.05) is 5.32 Å². The first kappa shape index (κ1) is 35.9. The molecule has 3 rings (SSSR count). The third-order valence-corrected chi connectivity index (χ3v) is 6.56. The minimum Gasteiger partial charge on any atom is -0.376 e. The standard InChI is InChI=1S/C13H10F2N2O2S.C8H6F2N2OS.C5H7ClO2/c1-6-11(7(2)18)20-13(16-6)17-12(19)10-8(14)4-3-5-9(10)15;9-4-2-1-3-5(10)6(4)7(13)12-8(11)14;1-3(7)5(6)4(2)8/h3-5H,1-2H3,(H,16,17,19);1-3H,(H3,11,12,13,14);5H,1-2H3. The van der Waals surface area contributed by atoms with Crippen molar-refractivity contribution in [1.29, 1.82) is 0 Å². The molecule has 0 saturated carbocycles. The van der Waals surface area contributed by atoms with Crippen molar-refractivity contribution < 1.29 is 41.5 Å². The molecule has 1 aromatic heterocycles. The molecule has 0 aliphatic rings. The number of rotatable bonds is 6. The van der Waals surface area contributed by atoms with Gasteiger partial charge in [0.25, 0.3) is 11.8 Å². The number of aryl methyl sites for hydroxylation is 1. The Morgan fingerprint density at radius 2 is 1.26 bits per heavy atom. The molecule has 16 heteroatoms. The molecule has 0 atom stereocenters. The number of benzene rings is 2. The van der Waals surface area contributed by atoms with E-state index >= 15 is 0 Å². The molecule has 0 bridgehead atoms. The zero-order valence-electron chi connectivity index (χ0n) is 22.3. The van der Waals surface area contributed by atoms with E-state index in [1.165, 1.54) is 26.8 Å². The minimum absolute atomic E-state index is 0.125. The summed E-state index contributed by atoms with van der Waals surface area (Å²) >= 11 is 10.6. The summed E-state index contributed by atoms with van der Waals surface area (Å²) in [7, 11) is 0. The Morgan fingerprint density at radius 1 is 0.857 bits per heavy atom. The van der Waals surface area contributed by atoms with Gasteiger partial charge in [-0.3, -0.25) is 34.6 Å². The number of Topliss-reactive ketones (excluding diaryl/α,β-unsaturated/α-hetero) is 3. The highest BCUT2D eigenvalue weighted by atomic mass is 35.5. The van der Waals surface area contributed by atoms with E-state index in [2.05, 4.69) is 22.5 Å². The number of nitrogens with zero attached hydrogens (tertiary/aromatic N) is 1. The fraction of sp³-hybridized carbons (Fsp3) is 0.192. The van der Waals surface area contributed by atoms with Gasteiger partial charge in [-0.05, 0) is 57.3 Å². The molecule has 3 aromatic rings. The predicted octanol–water partition coefficient (Wildman–Crippen LogP) is 4.89. The number of amides is 2. The summed E-state index contributed by atoms with van der Waals surface area (Å²) in [5.74, 6) is -6.53. The SMILES string of the molecule is CC(=O)C(Cl)C(C)=O.CC(=O)c1sc(NC(=O)c2c(F)cccc2F)nc1C.NC(=S)NC(=O)c1c(F)cccc1F. The number of carbonyl (C=O) groups is 5. The third-order valence-electron chi connectivity index (χ3n) is 4.67. The zero-order valence-corrected chi connectivity index (χ0v) is 24.7. The first-order valence-electron chi connectivity index (χ1n) is 11.4. The van der Waals surface area contributed by atoms with E-state index in [4.69, 9.17) is 17.3 Å². The largest absolute Gasteiger partial charge is 0.376 e. The molecule has 224 valence electrons. The number of halogens is 5. The van der Waals surface area contributed by atoms with E-state index in [9.17, 15) is 41.5 Å². The van der Waals surface area contributed by atoms with E-state index in [0.717, 1.165) is 41.7 Å². The van der Waals surface area contributed by atoms with Crippen molar-refractivity contribution in [3.05, 3.63) is 81.4 Å². The molecular formula is C26H23ClF4N4O5S2. The van der Waals surface area contributed by atoms with Gasteiger partial charge in [-0.15, -0.1) is 11.6 Å². The molecule has 0 unspecified atom stereocenters. The maximum atomic E-state index is 13.4. The van der Waals surface area contributed by atoms with Crippen LogP contribution in [0.2, 0.25) is 0 Å². The average Bonchev–Trinajstić information content (AvgIpc) is 3.23. The van der Waals surface area contributed by atoms with E-state index in [1.54, 1.807) is 6.92 Å². The van der Waals surface area contributed by atoms with Gasteiger partial charge < -0.3 is 5.73 Å². The highest BCUT2D eigenvalue weighted by Gasteiger charge is 2.20. The fourth-order valence-electron chi connectivity index (χ4n) is 2.83. The summed E-state index contributed by atoms with van der Waals surface area (Å²) in [5.41, 5.74) is 4.08. The van der Waals surface area contributed by atoms with Crippen molar-refractivity contribution in [2.24, 2.45) is 5.73 Å². The molecule has 0 aliphatic heterocycles. The summed E-state index contributed by atoms with van der Waals surface area (Å²) in [4.78, 5) is 59.1. The summed E-state index contributed by atoms with van der Waals surface area (Å²) in [6, 6.07) is 6.25. The van der Waals surface area contributed by atoms with Crippen LogP contribution in [0.15, 0.2) is 36.4 Å². The monoisotopic (exact) mass is 646 g/mol. The highest BCUT2D eigenvalue weighted by molar-refractivity contribution is 7.80. The molecule has 0 saturated heterocycles. The molecule has 1 heterocycles. The Kier molecular flexibility index (Phi) is 14.0. The van der Waals surface area contributed by atoms with Crippen LogP contribution in [0.4, 0.5) is 22.7 Å². The Labute approximate surface area is 251 Å². The second-order valence-corrected chi connectivity index (χ2v) is 9.91. The minimum atomic E-state index is -0.993. The molecule has 0 aliphatic carbocycles. The fourth-order valence-corrected chi connectivity index (χ4v) is 3.78. The lowest BCUT2D eigenvalue weighted by Gasteiger charge is -2.04. The molecule has 2 aromatic carbocycles. The van der Waals surface area contributed by atoms with Crippen molar-refractivity contribution in [3.63, 3.8) is 0 Å². The van der Waals surface area contributed by atoms with Crippen molar-refractivity contribution in [2.45, 2.75) is 33.1 Å². The molecule has 4 N–H and O–H groups in total. The van der Waals surface area contributed by atoms with Crippen LogP contribution in [0.1, 0.15) is 56.9 Å². The van der Waals surface area contributed by atoms with Crippen LogP contribution in [0.25, 0.3) is 0 Å². The smallest absolute Gasteiger partial charge is 0.263 e. The number of carbonyl (C=O) groups excluding carboxylic acids is 5. The molecule has 0 spiro atoms. The number of nitrogens with one attached hydrogen (secondary N) is 2. The maximum absolute atomic E-state index is 13.4. The lowest BCUT2D eigenvalue weighted by Crippen LogP contribution is -2.35. The second kappa shape index (κ2) is 16.4. The summed E-state index contributed by atoms with van der Waals surface area (Å²) < 4.78 is 52.8. The number of hydrogen-bond donors (Lipinski definition) is 3. The summed E-state index contributed by atoms with van der Waals surface area (Å²) in [5, 5.41) is 3.08. The van der Waals surface area contributed by atoms with Crippen LogP contribution < -0.4 is 16.4 Å². The van der Waals surface area contributed by atoms with E-state index in [0.29, 0.717) is 10.6 Å². The summed E-state index contributed by atoms with van der Waals surface area (Å²) in [6.07, 6.45) is 0. The molecular weight excluding hydrogens is 624 g/mol. The topological polar surface area (TPSA) is 148 Å². The molecule has 0 fully saturated rings. The average molecular weight is 647 g/mol. The molecule has 42 heavy (non-hydrogen) atoms. The number of thiazole rings is 1.